The van der Waals surface area contributed by atoms with Gasteiger partial charge in [0.15, 0.2) is 10.8 Å². The van der Waals surface area contributed by atoms with Crippen molar-refractivity contribution in [2.45, 2.75) is 5.16 Å². The van der Waals surface area contributed by atoms with Gasteiger partial charge in [-0.25, -0.2) is 0 Å². The van der Waals surface area contributed by atoms with Gasteiger partial charge in [0.2, 0.25) is 0 Å². The summed E-state index contributed by atoms with van der Waals surface area (Å²) in [5, 5.41) is 10.6. The number of thioether (sulfide) groups is 1. The molecule has 0 atom stereocenters. The second kappa shape index (κ2) is 8.05. The Morgan fingerprint density at radius 1 is 0.962 bits per heavy atom. The van der Waals surface area contributed by atoms with Gasteiger partial charge in [0, 0.05) is 50.4 Å². The van der Waals surface area contributed by atoms with E-state index < -0.39 is 0 Å². The third kappa shape index (κ3) is 3.93. The molecule has 8 heteroatoms. The van der Waals surface area contributed by atoms with Crippen LogP contribution in [0.3, 0.4) is 0 Å². The zero-order valence-corrected chi connectivity index (χ0v) is 16.5. The van der Waals surface area contributed by atoms with Gasteiger partial charge in [-0.1, -0.05) is 41.0 Å². The van der Waals surface area contributed by atoms with Crippen LogP contribution in [0.1, 0.15) is 0 Å². The Labute approximate surface area is 166 Å². The van der Waals surface area contributed by atoms with Crippen LogP contribution >= 0.6 is 35.0 Å². The Bertz CT molecular complexity index is 892. The minimum absolute atomic E-state index is 0.604. The van der Waals surface area contributed by atoms with Gasteiger partial charge in [-0.2, -0.15) is 0 Å². The topological polar surface area (TPSA) is 36.7 Å². The molecule has 0 unspecified atom stereocenters. The number of fused-ring (bicyclic) bond motifs is 1. The monoisotopic (exact) mass is 407 g/mol. The van der Waals surface area contributed by atoms with E-state index in [-0.39, 0.29) is 0 Å². The molecular weight excluding hydrogens is 389 g/mol. The number of benzene rings is 1. The average molecular weight is 408 g/mol. The Balaban J connectivity index is 1.27. The van der Waals surface area contributed by atoms with Crippen LogP contribution in [-0.2, 0) is 0 Å². The van der Waals surface area contributed by atoms with Gasteiger partial charge in [-0.15, -0.1) is 10.2 Å². The first-order valence-electron chi connectivity index (χ1n) is 8.55. The first-order chi connectivity index (χ1) is 12.7. The molecule has 1 aromatic carbocycles. The SMILES string of the molecule is Clc1ccc(N2CCN(CCSc3nnc4ccccn34)CC2)cc1Cl. The maximum Gasteiger partial charge on any atom is 0.195 e. The summed E-state index contributed by atoms with van der Waals surface area (Å²) in [6.07, 6.45) is 2.01. The molecule has 1 saturated heterocycles. The Kier molecular flexibility index (Phi) is 5.55. The zero-order valence-electron chi connectivity index (χ0n) is 14.2. The number of anilines is 1. The van der Waals surface area contributed by atoms with Crippen molar-refractivity contribution in [1.29, 1.82) is 0 Å². The fourth-order valence-corrected chi connectivity index (χ4v) is 4.31. The molecule has 26 heavy (non-hydrogen) atoms. The molecule has 2 aromatic heterocycles. The van der Waals surface area contributed by atoms with Gasteiger partial charge < -0.3 is 4.90 Å². The highest BCUT2D eigenvalue weighted by molar-refractivity contribution is 7.99. The van der Waals surface area contributed by atoms with Gasteiger partial charge in [-0.05, 0) is 30.3 Å². The van der Waals surface area contributed by atoms with Crippen LogP contribution in [0, 0.1) is 0 Å². The molecule has 1 aliphatic heterocycles. The maximum atomic E-state index is 6.14. The molecule has 0 radical (unpaired) electrons. The smallest absolute Gasteiger partial charge is 0.195 e. The molecule has 0 spiro atoms. The van der Waals surface area contributed by atoms with Gasteiger partial charge in [-0.3, -0.25) is 9.30 Å². The molecule has 0 N–H and O–H groups in total. The first kappa shape index (κ1) is 17.9. The predicted molar refractivity (Wildman–Crippen MR) is 109 cm³/mol. The summed E-state index contributed by atoms with van der Waals surface area (Å²) in [7, 11) is 0. The molecule has 3 aromatic rings. The van der Waals surface area contributed by atoms with Gasteiger partial charge in [0.1, 0.15) is 0 Å². The highest BCUT2D eigenvalue weighted by atomic mass is 35.5. The Morgan fingerprint density at radius 3 is 2.62 bits per heavy atom. The normalized spacial score (nSPS) is 15.7. The molecule has 5 nitrogen and oxygen atoms in total. The average Bonchev–Trinajstić information content (AvgIpc) is 3.08. The number of piperazine rings is 1. The van der Waals surface area contributed by atoms with E-state index in [4.69, 9.17) is 23.2 Å². The van der Waals surface area contributed by atoms with Crippen LogP contribution < -0.4 is 4.90 Å². The van der Waals surface area contributed by atoms with Crippen LogP contribution in [-0.4, -0.2) is 58.0 Å². The molecule has 136 valence electrons. The molecule has 0 saturated carbocycles. The lowest BCUT2D eigenvalue weighted by molar-refractivity contribution is 0.273. The second-order valence-electron chi connectivity index (χ2n) is 6.19. The van der Waals surface area contributed by atoms with Crippen molar-refractivity contribution in [3.63, 3.8) is 0 Å². The quantitative estimate of drug-likeness (QED) is 0.598. The largest absolute Gasteiger partial charge is 0.369 e. The zero-order chi connectivity index (χ0) is 17.9. The summed E-state index contributed by atoms with van der Waals surface area (Å²) >= 11 is 13.9. The van der Waals surface area contributed by atoms with Gasteiger partial charge in [0.05, 0.1) is 10.0 Å². The summed E-state index contributed by atoms with van der Waals surface area (Å²) in [5.74, 6) is 1.00. The first-order valence-corrected chi connectivity index (χ1v) is 10.3. The fourth-order valence-electron chi connectivity index (χ4n) is 3.10. The van der Waals surface area contributed by atoms with Crippen molar-refractivity contribution in [2.75, 3.05) is 43.4 Å². The molecule has 0 aliphatic carbocycles. The lowest BCUT2D eigenvalue weighted by Crippen LogP contribution is -2.47. The fraction of sp³-hybridized carbons (Fsp3) is 0.333. The molecule has 4 rings (SSSR count). The van der Waals surface area contributed by atoms with Crippen LogP contribution in [0.2, 0.25) is 10.0 Å². The number of hydrogen-bond donors (Lipinski definition) is 0. The van der Waals surface area contributed by atoms with E-state index >= 15 is 0 Å². The van der Waals surface area contributed by atoms with E-state index in [0.717, 1.165) is 55.0 Å². The van der Waals surface area contributed by atoms with Crippen LogP contribution in [0.4, 0.5) is 5.69 Å². The number of nitrogens with zero attached hydrogens (tertiary/aromatic N) is 5. The molecular formula is C18H19Cl2N5S. The van der Waals surface area contributed by atoms with Crippen molar-refractivity contribution in [3.8, 4) is 0 Å². The summed E-state index contributed by atoms with van der Waals surface area (Å²) in [5.41, 5.74) is 2.04. The lowest BCUT2D eigenvalue weighted by Gasteiger charge is -2.36. The van der Waals surface area contributed by atoms with E-state index in [1.165, 1.54) is 0 Å². The minimum atomic E-state index is 0.604. The highest BCUT2D eigenvalue weighted by Gasteiger charge is 2.18. The molecule has 0 bridgehead atoms. The Morgan fingerprint density at radius 2 is 1.81 bits per heavy atom. The van der Waals surface area contributed by atoms with Crippen LogP contribution in [0.5, 0.6) is 0 Å². The lowest BCUT2D eigenvalue weighted by atomic mass is 10.2. The summed E-state index contributed by atoms with van der Waals surface area (Å²) in [6.45, 7) is 5.12. The molecule has 3 heterocycles. The van der Waals surface area contributed by atoms with Crippen molar-refractivity contribution in [2.24, 2.45) is 0 Å². The molecule has 1 aliphatic rings. The van der Waals surface area contributed by atoms with E-state index in [1.54, 1.807) is 11.8 Å². The van der Waals surface area contributed by atoms with Crippen molar-refractivity contribution in [1.82, 2.24) is 19.5 Å². The maximum absolute atomic E-state index is 6.14. The van der Waals surface area contributed by atoms with Crippen molar-refractivity contribution >= 4 is 46.3 Å². The third-order valence-electron chi connectivity index (χ3n) is 4.56. The highest BCUT2D eigenvalue weighted by Crippen LogP contribution is 2.27. The van der Waals surface area contributed by atoms with E-state index in [9.17, 15) is 0 Å². The predicted octanol–water partition coefficient (Wildman–Crippen LogP) is 3.95. The van der Waals surface area contributed by atoms with Gasteiger partial charge in [0.25, 0.3) is 0 Å². The Hall–Kier alpha value is -1.47. The standard InChI is InChI=1S/C18H19Cl2N5S/c19-15-5-4-14(13-16(15)20)24-9-7-23(8-10-24)11-12-26-18-22-21-17-3-1-2-6-25(17)18/h1-6,13H,7-12H2. The number of aromatic nitrogens is 3. The molecule has 1 fully saturated rings. The number of pyridine rings is 1. The number of rotatable bonds is 5. The van der Waals surface area contributed by atoms with Crippen molar-refractivity contribution in [3.05, 3.63) is 52.6 Å². The van der Waals surface area contributed by atoms with Crippen LogP contribution in [0.15, 0.2) is 47.8 Å². The third-order valence-corrected chi connectivity index (χ3v) is 6.22. The summed E-state index contributed by atoms with van der Waals surface area (Å²) < 4.78 is 2.03. The summed E-state index contributed by atoms with van der Waals surface area (Å²) in [6, 6.07) is 11.8. The minimum Gasteiger partial charge on any atom is -0.369 e. The summed E-state index contributed by atoms with van der Waals surface area (Å²) in [4.78, 5) is 4.85. The second-order valence-corrected chi connectivity index (χ2v) is 8.06. The van der Waals surface area contributed by atoms with E-state index in [2.05, 4.69) is 20.0 Å². The van der Waals surface area contributed by atoms with Crippen LogP contribution in [0.25, 0.3) is 5.65 Å². The van der Waals surface area contributed by atoms with Gasteiger partial charge >= 0.3 is 0 Å². The number of halogens is 2. The van der Waals surface area contributed by atoms with E-state index in [0.29, 0.717) is 10.0 Å². The van der Waals surface area contributed by atoms with Crippen molar-refractivity contribution < 1.29 is 0 Å². The van der Waals surface area contributed by atoms with E-state index in [1.807, 2.05) is 47.0 Å². The number of hydrogen-bond acceptors (Lipinski definition) is 5. The molecule has 0 amide bonds.